The molecule has 1 N–H and O–H groups in total. The first-order chi connectivity index (χ1) is 19.1. The largest absolute Gasteiger partial charge is 0.497 e. The molecule has 11 nitrogen and oxygen atoms in total. The summed E-state index contributed by atoms with van der Waals surface area (Å²) in [6, 6.07) is 9.55. The van der Waals surface area contributed by atoms with E-state index in [1.165, 1.54) is 0 Å². The molecule has 1 aromatic carbocycles. The van der Waals surface area contributed by atoms with Crippen LogP contribution in [-0.4, -0.2) is 81.4 Å². The van der Waals surface area contributed by atoms with Crippen molar-refractivity contribution in [3.05, 3.63) is 54.1 Å². The molecular formula is C27H28ClN9O2. The zero-order valence-electron chi connectivity index (χ0n) is 21.9. The molecule has 39 heavy (non-hydrogen) atoms. The Hall–Kier alpha value is -4.22. The highest BCUT2D eigenvalue weighted by Crippen LogP contribution is 2.41. The first-order valence-electron chi connectivity index (χ1n) is 12.7. The fourth-order valence-corrected chi connectivity index (χ4v) is 5.14. The Morgan fingerprint density at radius 3 is 2.51 bits per heavy atom. The molecule has 5 heterocycles. The van der Waals surface area contributed by atoms with Crippen LogP contribution in [0.5, 0.6) is 11.5 Å². The second kappa shape index (κ2) is 10.5. The quantitative estimate of drug-likeness (QED) is 0.318. The van der Waals surface area contributed by atoms with Gasteiger partial charge in [0.15, 0.2) is 11.3 Å². The molecule has 0 radical (unpaired) electrons. The molecule has 1 aliphatic heterocycles. The normalized spacial score (nSPS) is 14.2. The van der Waals surface area contributed by atoms with Crippen molar-refractivity contribution in [3.63, 3.8) is 0 Å². The van der Waals surface area contributed by atoms with Crippen LogP contribution in [0.1, 0.15) is 6.92 Å². The number of likely N-dealkylation sites (N-methyl/N-ethyl adjacent to an activating group) is 1. The average molecular weight is 546 g/mol. The lowest BCUT2D eigenvalue weighted by Gasteiger charge is -2.35. The van der Waals surface area contributed by atoms with Gasteiger partial charge in [0.1, 0.15) is 23.6 Å². The Bertz CT molecular complexity index is 1630. The number of hydrogen-bond donors (Lipinski definition) is 1. The number of rotatable bonds is 7. The van der Waals surface area contributed by atoms with Gasteiger partial charge in [0.2, 0.25) is 5.95 Å². The number of pyridine rings is 2. The molecule has 0 spiro atoms. The predicted octanol–water partition coefficient (Wildman–Crippen LogP) is 4.29. The van der Waals surface area contributed by atoms with E-state index in [4.69, 9.17) is 26.1 Å². The third kappa shape index (κ3) is 4.75. The maximum absolute atomic E-state index is 6.69. The van der Waals surface area contributed by atoms with E-state index < -0.39 is 0 Å². The van der Waals surface area contributed by atoms with Gasteiger partial charge in [-0.3, -0.25) is 4.40 Å². The third-order valence-electron chi connectivity index (χ3n) is 7.04. The summed E-state index contributed by atoms with van der Waals surface area (Å²) >= 11 is 6.69. The van der Waals surface area contributed by atoms with Gasteiger partial charge in [-0.2, -0.15) is 4.98 Å². The van der Waals surface area contributed by atoms with E-state index >= 15 is 0 Å². The van der Waals surface area contributed by atoms with Crippen molar-refractivity contribution < 1.29 is 9.47 Å². The zero-order chi connectivity index (χ0) is 26.9. The molecule has 6 rings (SSSR count). The van der Waals surface area contributed by atoms with Crippen LogP contribution in [0.25, 0.3) is 27.8 Å². The van der Waals surface area contributed by atoms with E-state index in [1.807, 2.05) is 28.8 Å². The van der Waals surface area contributed by atoms with Crippen LogP contribution in [-0.2, 0) is 0 Å². The van der Waals surface area contributed by atoms with Gasteiger partial charge >= 0.3 is 0 Å². The number of halogens is 1. The Kier molecular flexibility index (Phi) is 6.76. The Morgan fingerprint density at radius 2 is 1.79 bits per heavy atom. The van der Waals surface area contributed by atoms with E-state index in [0.29, 0.717) is 45.1 Å². The zero-order valence-corrected chi connectivity index (χ0v) is 22.7. The van der Waals surface area contributed by atoms with Crippen LogP contribution in [0.3, 0.4) is 0 Å². The minimum absolute atomic E-state index is 0.420. The van der Waals surface area contributed by atoms with Gasteiger partial charge in [0, 0.05) is 55.0 Å². The van der Waals surface area contributed by atoms with Gasteiger partial charge < -0.3 is 24.6 Å². The van der Waals surface area contributed by atoms with Crippen LogP contribution >= 0.6 is 11.6 Å². The van der Waals surface area contributed by atoms with Crippen molar-refractivity contribution in [3.8, 4) is 22.6 Å². The van der Waals surface area contributed by atoms with Gasteiger partial charge in [0.05, 0.1) is 31.1 Å². The summed E-state index contributed by atoms with van der Waals surface area (Å²) in [6.07, 6.45) is 5.26. The summed E-state index contributed by atoms with van der Waals surface area (Å²) in [7, 11) is 3.16. The molecule has 4 aromatic heterocycles. The van der Waals surface area contributed by atoms with Crippen molar-refractivity contribution in [2.24, 2.45) is 0 Å². The number of ether oxygens (including phenoxy) is 2. The standard InChI is InChI=1S/C27H28ClN9O2/c1-4-35-7-9-36(10-8-35)18-5-6-23(29-15-18)32-27-30-14-17-11-21(26-34-31-16-37(26)25(17)33-27)20-12-19(38-2)13-22(39-3)24(20)28/h5-6,11-16H,4,7-10H2,1-3H3,(H,29,30,32,33). The van der Waals surface area contributed by atoms with Crippen molar-refractivity contribution in [2.75, 3.05) is 57.2 Å². The average Bonchev–Trinajstić information content (AvgIpc) is 3.48. The molecule has 1 fully saturated rings. The van der Waals surface area contributed by atoms with Crippen LogP contribution in [0.15, 0.2) is 49.1 Å². The molecule has 1 aliphatic rings. The maximum atomic E-state index is 6.69. The number of nitrogens with zero attached hydrogens (tertiary/aromatic N) is 8. The number of anilines is 3. The van der Waals surface area contributed by atoms with Crippen LogP contribution in [0, 0.1) is 0 Å². The second-order valence-corrected chi connectivity index (χ2v) is 9.57. The minimum atomic E-state index is 0.420. The number of fused-ring (bicyclic) bond motifs is 3. The van der Waals surface area contributed by atoms with E-state index in [2.05, 4.69) is 48.3 Å². The first-order valence-corrected chi connectivity index (χ1v) is 13.1. The molecule has 0 aliphatic carbocycles. The number of aromatic nitrogens is 6. The number of nitrogens with one attached hydrogen (secondary N) is 1. The third-order valence-corrected chi connectivity index (χ3v) is 7.43. The summed E-state index contributed by atoms with van der Waals surface area (Å²) < 4.78 is 12.7. The maximum Gasteiger partial charge on any atom is 0.230 e. The van der Waals surface area contributed by atoms with Crippen LogP contribution in [0.2, 0.25) is 5.02 Å². The molecule has 0 atom stereocenters. The fraction of sp³-hybridized carbons (Fsp3) is 0.296. The number of methoxy groups -OCH3 is 2. The number of benzene rings is 1. The van der Waals surface area contributed by atoms with Crippen LogP contribution < -0.4 is 19.7 Å². The van der Waals surface area contributed by atoms with E-state index in [0.717, 1.165) is 49.4 Å². The SMILES string of the molecule is CCN1CCN(c2ccc(Nc3ncc4cc(-c5cc(OC)cc(OC)c5Cl)c5nncn5c4n3)nc2)CC1. The molecule has 0 amide bonds. The fourth-order valence-electron chi connectivity index (χ4n) is 4.85. The number of piperazine rings is 1. The summed E-state index contributed by atoms with van der Waals surface area (Å²) in [5.74, 6) is 2.20. The molecule has 5 aromatic rings. The Labute approximate surface area is 230 Å². The van der Waals surface area contributed by atoms with E-state index in [9.17, 15) is 0 Å². The molecule has 0 unspecified atom stereocenters. The van der Waals surface area contributed by atoms with Gasteiger partial charge in [-0.1, -0.05) is 18.5 Å². The summed E-state index contributed by atoms with van der Waals surface area (Å²) in [5, 5.41) is 12.9. The monoisotopic (exact) mass is 545 g/mol. The van der Waals surface area contributed by atoms with Gasteiger partial charge in [-0.15, -0.1) is 10.2 Å². The van der Waals surface area contributed by atoms with E-state index in [1.54, 1.807) is 32.8 Å². The summed E-state index contributed by atoms with van der Waals surface area (Å²) in [4.78, 5) is 18.7. The molecule has 0 bridgehead atoms. The van der Waals surface area contributed by atoms with Crippen molar-refractivity contribution >= 4 is 45.7 Å². The highest BCUT2D eigenvalue weighted by Gasteiger charge is 2.19. The van der Waals surface area contributed by atoms with Gasteiger partial charge in [0.25, 0.3) is 0 Å². The van der Waals surface area contributed by atoms with Crippen LogP contribution in [0.4, 0.5) is 17.5 Å². The Balaban J connectivity index is 1.31. The predicted molar refractivity (Wildman–Crippen MR) is 151 cm³/mol. The summed E-state index contributed by atoms with van der Waals surface area (Å²) in [5.41, 5.74) is 3.81. The topological polar surface area (TPSA) is 106 Å². The number of hydrogen-bond acceptors (Lipinski definition) is 10. The summed E-state index contributed by atoms with van der Waals surface area (Å²) in [6.45, 7) is 7.43. The van der Waals surface area contributed by atoms with Crippen molar-refractivity contribution in [1.82, 2.24) is 34.4 Å². The second-order valence-electron chi connectivity index (χ2n) is 9.19. The van der Waals surface area contributed by atoms with Gasteiger partial charge in [-0.25, -0.2) is 9.97 Å². The lowest BCUT2D eigenvalue weighted by Crippen LogP contribution is -2.46. The minimum Gasteiger partial charge on any atom is -0.497 e. The Morgan fingerprint density at radius 1 is 0.949 bits per heavy atom. The smallest absolute Gasteiger partial charge is 0.230 e. The van der Waals surface area contributed by atoms with Crippen molar-refractivity contribution in [1.29, 1.82) is 0 Å². The lowest BCUT2D eigenvalue weighted by molar-refractivity contribution is 0.271. The molecule has 1 saturated heterocycles. The highest BCUT2D eigenvalue weighted by molar-refractivity contribution is 6.35. The van der Waals surface area contributed by atoms with E-state index in [-0.39, 0.29) is 0 Å². The first kappa shape index (κ1) is 25.1. The van der Waals surface area contributed by atoms with Crippen molar-refractivity contribution in [2.45, 2.75) is 6.92 Å². The molecule has 0 saturated carbocycles. The highest BCUT2D eigenvalue weighted by atomic mass is 35.5. The van der Waals surface area contributed by atoms with Gasteiger partial charge in [-0.05, 0) is 30.8 Å². The molecule has 200 valence electrons. The molecule has 12 heteroatoms. The molecular weight excluding hydrogens is 518 g/mol. The lowest BCUT2D eigenvalue weighted by atomic mass is 10.0.